The van der Waals surface area contributed by atoms with Crippen LogP contribution in [0.3, 0.4) is 0 Å². The van der Waals surface area contributed by atoms with Gasteiger partial charge in [0.15, 0.2) is 0 Å². The van der Waals surface area contributed by atoms with E-state index in [4.69, 9.17) is 9.47 Å². The molecule has 1 fully saturated rings. The van der Waals surface area contributed by atoms with Crippen molar-refractivity contribution >= 4 is 58.2 Å². The minimum Gasteiger partial charge on any atom is -0.497 e. The van der Waals surface area contributed by atoms with Crippen molar-refractivity contribution < 1.29 is 28.7 Å². The van der Waals surface area contributed by atoms with Crippen LogP contribution >= 0.6 is 23.1 Å². The Morgan fingerprint density at radius 3 is 2.31 bits per heavy atom. The van der Waals surface area contributed by atoms with Gasteiger partial charge in [-0.05, 0) is 67.4 Å². The molecule has 12 heteroatoms. The third-order valence-electron chi connectivity index (χ3n) is 7.88. The minimum atomic E-state index is -0.846. The molecule has 3 aromatic carbocycles. The number of esters is 1. The standard InChI is InChI=1S/C33H29N3O7S2/c1-4-43-32(40)20-9-13-21(14-10-20)36-29(38)26-25(19-11-15-22(42-3)16-12-19)28-31(44-27(26)30(36)39)35(33(41)45-28)17-24(37)34-23-8-6-5-7-18(23)2/h5-16,25-27H,4,17H2,1-3H3,(H,34,37)/t25-,26?,27?/m1/s1. The van der Waals surface area contributed by atoms with E-state index in [0.717, 1.165) is 39.1 Å². The average Bonchev–Trinajstić information content (AvgIpc) is 3.48. The van der Waals surface area contributed by atoms with Crippen molar-refractivity contribution in [3.8, 4) is 5.75 Å². The molecule has 2 unspecified atom stereocenters. The first-order valence-electron chi connectivity index (χ1n) is 14.3. The highest BCUT2D eigenvalue weighted by Crippen LogP contribution is 2.54. The number of carbonyl (C=O) groups is 4. The smallest absolute Gasteiger partial charge is 0.338 e. The molecule has 230 valence electrons. The molecule has 0 aliphatic carbocycles. The Morgan fingerprint density at radius 2 is 1.64 bits per heavy atom. The van der Waals surface area contributed by atoms with Gasteiger partial charge in [0.05, 0.1) is 35.9 Å². The third-order valence-corrected chi connectivity index (χ3v) is 10.5. The van der Waals surface area contributed by atoms with Gasteiger partial charge in [0.2, 0.25) is 17.7 Å². The molecule has 0 radical (unpaired) electrons. The van der Waals surface area contributed by atoms with Gasteiger partial charge >= 0.3 is 10.8 Å². The molecule has 0 bridgehead atoms. The number of fused-ring (bicyclic) bond motifs is 2. The lowest BCUT2D eigenvalue weighted by Gasteiger charge is -2.30. The van der Waals surface area contributed by atoms with Gasteiger partial charge in [-0.25, -0.2) is 9.69 Å². The first kappa shape index (κ1) is 30.4. The number of thiazole rings is 1. The second-order valence-corrected chi connectivity index (χ2v) is 12.7. The van der Waals surface area contributed by atoms with Gasteiger partial charge in [-0.2, -0.15) is 0 Å². The number of hydrogen-bond acceptors (Lipinski definition) is 9. The topological polar surface area (TPSA) is 124 Å². The van der Waals surface area contributed by atoms with Crippen molar-refractivity contribution in [2.75, 3.05) is 23.9 Å². The Balaban J connectivity index is 1.38. The predicted molar refractivity (Wildman–Crippen MR) is 171 cm³/mol. The molecule has 3 heterocycles. The van der Waals surface area contributed by atoms with Gasteiger partial charge in [0.1, 0.15) is 17.5 Å². The summed E-state index contributed by atoms with van der Waals surface area (Å²) >= 11 is 2.12. The number of nitrogens with one attached hydrogen (secondary N) is 1. The number of ether oxygens (including phenoxy) is 2. The molecule has 2 aliphatic heterocycles. The summed E-state index contributed by atoms with van der Waals surface area (Å²) in [6, 6.07) is 20.7. The fourth-order valence-electron chi connectivity index (χ4n) is 5.69. The number of hydrogen-bond donors (Lipinski definition) is 1. The zero-order valence-corrected chi connectivity index (χ0v) is 26.3. The van der Waals surface area contributed by atoms with Crippen molar-refractivity contribution in [3.05, 3.63) is 104 Å². The van der Waals surface area contributed by atoms with Crippen LogP contribution in [0.4, 0.5) is 11.4 Å². The quantitative estimate of drug-likeness (QED) is 0.214. The molecule has 45 heavy (non-hydrogen) atoms. The van der Waals surface area contributed by atoms with Crippen molar-refractivity contribution in [2.45, 2.75) is 36.6 Å². The maximum atomic E-state index is 14.1. The first-order valence-corrected chi connectivity index (χ1v) is 16.0. The number of aromatic nitrogens is 1. The number of anilines is 2. The van der Waals surface area contributed by atoms with E-state index in [1.165, 1.54) is 16.7 Å². The highest BCUT2D eigenvalue weighted by Gasteiger charge is 2.56. The summed E-state index contributed by atoms with van der Waals surface area (Å²) in [4.78, 5) is 68.2. The molecule has 2 aliphatic rings. The minimum absolute atomic E-state index is 0.222. The normalized spacial score (nSPS) is 18.7. The van der Waals surface area contributed by atoms with Crippen molar-refractivity contribution in [1.82, 2.24) is 4.57 Å². The lowest BCUT2D eigenvalue weighted by atomic mass is 9.83. The van der Waals surface area contributed by atoms with E-state index in [-0.39, 0.29) is 23.9 Å². The molecule has 0 spiro atoms. The molecule has 1 saturated heterocycles. The van der Waals surface area contributed by atoms with Gasteiger partial charge < -0.3 is 14.8 Å². The van der Waals surface area contributed by atoms with Gasteiger partial charge in [-0.3, -0.25) is 23.7 Å². The summed E-state index contributed by atoms with van der Waals surface area (Å²) < 4.78 is 11.8. The van der Waals surface area contributed by atoms with Crippen LogP contribution < -0.4 is 19.8 Å². The van der Waals surface area contributed by atoms with Crippen LogP contribution in [0.5, 0.6) is 5.75 Å². The van der Waals surface area contributed by atoms with Crippen LogP contribution in [0.1, 0.15) is 39.2 Å². The number of para-hydroxylation sites is 1. The van der Waals surface area contributed by atoms with Crippen LogP contribution in [0.2, 0.25) is 0 Å². The molecule has 3 amide bonds. The third kappa shape index (κ3) is 5.55. The molecule has 3 atom stereocenters. The van der Waals surface area contributed by atoms with Gasteiger partial charge in [-0.1, -0.05) is 53.4 Å². The predicted octanol–water partition coefficient (Wildman–Crippen LogP) is 4.84. The van der Waals surface area contributed by atoms with Gasteiger partial charge in [0, 0.05) is 16.5 Å². The number of nitrogens with zero attached hydrogens (tertiary/aromatic N) is 2. The molecular weight excluding hydrogens is 615 g/mol. The summed E-state index contributed by atoms with van der Waals surface area (Å²) in [5, 5.41) is 2.52. The first-order chi connectivity index (χ1) is 21.7. The fraction of sp³-hybridized carbons (Fsp3) is 0.242. The number of amides is 3. The average molecular weight is 644 g/mol. The van der Waals surface area contributed by atoms with Crippen molar-refractivity contribution in [1.29, 1.82) is 0 Å². The van der Waals surface area contributed by atoms with Gasteiger partial charge in [-0.15, -0.1) is 0 Å². The Morgan fingerprint density at radius 1 is 0.933 bits per heavy atom. The maximum Gasteiger partial charge on any atom is 0.338 e. The second kappa shape index (κ2) is 12.4. The van der Waals surface area contributed by atoms with E-state index in [9.17, 15) is 24.0 Å². The number of aryl methyl sites for hydroxylation is 1. The molecule has 0 saturated carbocycles. The number of methoxy groups -OCH3 is 1. The summed E-state index contributed by atoms with van der Waals surface area (Å²) in [5.41, 5.74) is 2.90. The molecule has 4 aromatic rings. The Bertz CT molecular complexity index is 1860. The number of thioether (sulfide) groups is 1. The van der Waals surface area contributed by atoms with Crippen molar-refractivity contribution in [3.63, 3.8) is 0 Å². The van der Waals surface area contributed by atoms with E-state index in [0.29, 0.717) is 32.6 Å². The Hall–Kier alpha value is -4.68. The van der Waals surface area contributed by atoms with Crippen LogP contribution in [0.25, 0.3) is 0 Å². The van der Waals surface area contributed by atoms with Crippen LogP contribution in [-0.4, -0.2) is 47.2 Å². The van der Waals surface area contributed by atoms with Crippen LogP contribution in [0, 0.1) is 12.8 Å². The zero-order chi connectivity index (χ0) is 31.8. The summed E-state index contributed by atoms with van der Waals surface area (Å²) in [6.07, 6.45) is 0. The highest BCUT2D eigenvalue weighted by molar-refractivity contribution is 8.00. The lowest BCUT2D eigenvalue weighted by Crippen LogP contribution is -2.33. The van der Waals surface area contributed by atoms with E-state index in [1.54, 1.807) is 44.4 Å². The van der Waals surface area contributed by atoms with Crippen molar-refractivity contribution in [2.24, 2.45) is 5.92 Å². The lowest BCUT2D eigenvalue weighted by molar-refractivity contribution is -0.122. The second-order valence-electron chi connectivity index (χ2n) is 10.6. The van der Waals surface area contributed by atoms with Gasteiger partial charge in [0.25, 0.3) is 0 Å². The van der Waals surface area contributed by atoms with E-state index < -0.39 is 34.9 Å². The van der Waals surface area contributed by atoms with E-state index in [2.05, 4.69) is 5.32 Å². The molecule has 1 aromatic heterocycles. The Labute approximate surface area is 267 Å². The maximum absolute atomic E-state index is 14.1. The zero-order valence-electron chi connectivity index (χ0n) is 24.6. The molecule has 1 N–H and O–H groups in total. The molecule has 6 rings (SSSR count). The van der Waals surface area contributed by atoms with Crippen LogP contribution in [-0.2, 0) is 25.7 Å². The molecular formula is C33H29N3O7S2. The number of benzene rings is 3. The van der Waals surface area contributed by atoms with E-state index in [1.807, 2.05) is 37.3 Å². The summed E-state index contributed by atoms with van der Waals surface area (Å²) in [5.74, 6) is -2.52. The SMILES string of the molecule is CCOC(=O)c1ccc(N2C(=O)C3Sc4c(sc(=O)n4CC(=O)Nc4ccccc4C)[C@H](c4ccc(OC)cc4)C3C2=O)cc1. The molecule has 10 nitrogen and oxygen atoms in total. The monoisotopic (exact) mass is 643 g/mol. The largest absolute Gasteiger partial charge is 0.497 e. The number of rotatable bonds is 8. The highest BCUT2D eigenvalue weighted by atomic mass is 32.2. The summed E-state index contributed by atoms with van der Waals surface area (Å²) in [7, 11) is 1.55. The number of carbonyl (C=O) groups excluding carboxylic acids is 4. The Kier molecular flexibility index (Phi) is 8.34. The number of imide groups is 1. The fourth-order valence-corrected chi connectivity index (χ4v) is 8.46. The van der Waals surface area contributed by atoms with E-state index >= 15 is 0 Å². The van der Waals surface area contributed by atoms with Crippen LogP contribution in [0.15, 0.2) is 82.6 Å². The summed E-state index contributed by atoms with van der Waals surface area (Å²) in [6.45, 7) is 3.56.